The van der Waals surface area contributed by atoms with Crippen molar-refractivity contribution >= 4 is 0 Å². The van der Waals surface area contributed by atoms with Crippen LogP contribution in [0.5, 0.6) is 0 Å². The molecule has 0 unspecified atom stereocenters. The molecule has 0 aromatic rings. The Morgan fingerprint density at radius 1 is 0.812 bits per heavy atom. The molecule has 0 bridgehead atoms. The van der Waals surface area contributed by atoms with Gasteiger partial charge in [-0.05, 0) is 32.6 Å². The average molecular weight is 219 g/mol. The van der Waals surface area contributed by atoms with Crippen LogP contribution in [0.15, 0.2) is 36.5 Å². The van der Waals surface area contributed by atoms with E-state index in [1.54, 1.807) is 0 Å². The predicted molar refractivity (Wildman–Crippen MR) is 75.4 cm³/mol. The molecule has 0 aliphatic rings. The highest BCUT2D eigenvalue weighted by Crippen LogP contribution is 2.15. The largest absolute Gasteiger partial charge is 0.0910 e. The number of rotatable bonds is 9. The van der Waals surface area contributed by atoms with Gasteiger partial charge in [-0.15, -0.1) is 0 Å². The van der Waals surface area contributed by atoms with Crippen LogP contribution < -0.4 is 0 Å². The Kier molecular flexibility index (Phi) is 11.7. The highest BCUT2D eigenvalue weighted by molar-refractivity contribution is 5.16. The van der Waals surface area contributed by atoms with Gasteiger partial charge in [0, 0.05) is 5.92 Å². The fraction of sp³-hybridized carbons (Fsp3) is 0.562. The molecule has 0 fully saturated rings. The molecular formula is C16H27. The molecule has 0 N–H and O–H groups in total. The first kappa shape index (κ1) is 15.2. The van der Waals surface area contributed by atoms with E-state index >= 15 is 0 Å². The average Bonchev–Trinajstić information content (AvgIpc) is 2.30. The molecule has 0 saturated carbocycles. The third kappa shape index (κ3) is 9.76. The third-order valence-corrected chi connectivity index (χ3v) is 2.41. The Balaban J connectivity index is 3.87. The van der Waals surface area contributed by atoms with Gasteiger partial charge in [0.05, 0.1) is 0 Å². The van der Waals surface area contributed by atoms with Gasteiger partial charge in [0.25, 0.3) is 0 Å². The van der Waals surface area contributed by atoms with E-state index in [1.807, 2.05) is 0 Å². The van der Waals surface area contributed by atoms with E-state index in [-0.39, 0.29) is 0 Å². The van der Waals surface area contributed by atoms with Crippen molar-refractivity contribution in [1.29, 1.82) is 0 Å². The van der Waals surface area contributed by atoms with Gasteiger partial charge >= 0.3 is 0 Å². The molecular weight excluding hydrogens is 192 g/mol. The standard InChI is InChI=1S/C16H27/c1-4-7-9-11-14-16(13-6-3)15-12-10-8-5-2/h6,9-13H,4-5,7-8,14-15H2,1-3H3/b11-9+,12-10+,13-6+. The van der Waals surface area contributed by atoms with Crippen molar-refractivity contribution in [2.45, 2.75) is 59.3 Å². The molecule has 0 saturated heterocycles. The molecule has 0 aliphatic heterocycles. The summed E-state index contributed by atoms with van der Waals surface area (Å²) in [4.78, 5) is 0. The van der Waals surface area contributed by atoms with Crippen LogP contribution in [0.4, 0.5) is 0 Å². The molecule has 0 aromatic heterocycles. The monoisotopic (exact) mass is 219 g/mol. The van der Waals surface area contributed by atoms with Crippen LogP contribution in [-0.2, 0) is 0 Å². The minimum absolute atomic E-state index is 1.10. The van der Waals surface area contributed by atoms with E-state index in [2.05, 4.69) is 57.2 Å². The molecule has 0 rings (SSSR count). The van der Waals surface area contributed by atoms with Gasteiger partial charge in [0.15, 0.2) is 0 Å². The summed E-state index contributed by atoms with van der Waals surface area (Å²) in [5.74, 6) is 1.50. The first-order valence-electron chi connectivity index (χ1n) is 6.62. The van der Waals surface area contributed by atoms with Crippen molar-refractivity contribution in [2.75, 3.05) is 0 Å². The lowest BCUT2D eigenvalue weighted by molar-refractivity contribution is 0.921. The second-order valence-corrected chi connectivity index (χ2v) is 4.09. The molecule has 0 nitrogen and oxygen atoms in total. The SMILES string of the molecule is C/C=C/[C](C/C=C/CCC)C/C=C/CCC. The summed E-state index contributed by atoms with van der Waals surface area (Å²) in [5.41, 5.74) is 0. The molecule has 1 radical (unpaired) electrons. The predicted octanol–water partition coefficient (Wildman–Crippen LogP) is 5.63. The van der Waals surface area contributed by atoms with Crippen LogP contribution in [0.2, 0.25) is 0 Å². The summed E-state index contributed by atoms with van der Waals surface area (Å²) in [6.07, 6.45) is 20.6. The van der Waals surface area contributed by atoms with E-state index in [1.165, 1.54) is 31.6 Å². The number of unbranched alkanes of at least 4 members (excludes halogenated alkanes) is 2. The lowest BCUT2D eigenvalue weighted by Gasteiger charge is -2.05. The first-order chi connectivity index (χ1) is 7.85. The lowest BCUT2D eigenvalue weighted by atomic mass is 9.99. The van der Waals surface area contributed by atoms with Crippen molar-refractivity contribution < 1.29 is 0 Å². The first-order valence-corrected chi connectivity index (χ1v) is 6.62. The van der Waals surface area contributed by atoms with Crippen molar-refractivity contribution in [3.05, 3.63) is 42.4 Å². The summed E-state index contributed by atoms with van der Waals surface area (Å²) >= 11 is 0. The van der Waals surface area contributed by atoms with Crippen LogP contribution in [-0.4, -0.2) is 0 Å². The summed E-state index contributed by atoms with van der Waals surface area (Å²) in [6, 6.07) is 0. The van der Waals surface area contributed by atoms with Gasteiger partial charge in [-0.25, -0.2) is 0 Å². The third-order valence-electron chi connectivity index (χ3n) is 2.41. The fourth-order valence-corrected chi connectivity index (χ4v) is 1.49. The number of hydrogen-bond donors (Lipinski definition) is 0. The van der Waals surface area contributed by atoms with Crippen LogP contribution in [0.25, 0.3) is 0 Å². The molecule has 16 heavy (non-hydrogen) atoms. The van der Waals surface area contributed by atoms with Crippen LogP contribution in [0.1, 0.15) is 59.3 Å². The molecule has 0 heteroatoms. The van der Waals surface area contributed by atoms with Gasteiger partial charge < -0.3 is 0 Å². The summed E-state index contributed by atoms with van der Waals surface area (Å²) in [6.45, 7) is 6.52. The fourth-order valence-electron chi connectivity index (χ4n) is 1.49. The lowest BCUT2D eigenvalue weighted by Crippen LogP contribution is -1.89. The Labute approximate surface area is 102 Å². The molecule has 91 valence electrons. The van der Waals surface area contributed by atoms with E-state index in [0.29, 0.717) is 0 Å². The number of hydrogen-bond acceptors (Lipinski definition) is 0. The Bertz CT molecular complexity index is 190. The summed E-state index contributed by atoms with van der Waals surface area (Å²) < 4.78 is 0. The molecule has 0 atom stereocenters. The quantitative estimate of drug-likeness (QED) is 0.441. The second kappa shape index (κ2) is 12.3. The highest BCUT2D eigenvalue weighted by atomic mass is 14.0. The molecule has 0 heterocycles. The Morgan fingerprint density at radius 2 is 1.31 bits per heavy atom. The van der Waals surface area contributed by atoms with Crippen LogP contribution >= 0.6 is 0 Å². The Hall–Kier alpha value is -0.780. The number of allylic oxidation sites excluding steroid dienone is 6. The maximum atomic E-state index is 2.30. The van der Waals surface area contributed by atoms with Gasteiger partial charge in [0.2, 0.25) is 0 Å². The minimum atomic E-state index is 1.10. The van der Waals surface area contributed by atoms with Gasteiger partial charge in [-0.1, -0.05) is 63.1 Å². The van der Waals surface area contributed by atoms with E-state index in [0.717, 1.165) is 12.8 Å². The smallest absolute Gasteiger partial charge is 0.00473 e. The van der Waals surface area contributed by atoms with E-state index in [9.17, 15) is 0 Å². The van der Waals surface area contributed by atoms with Crippen LogP contribution in [0.3, 0.4) is 0 Å². The van der Waals surface area contributed by atoms with E-state index in [4.69, 9.17) is 0 Å². The van der Waals surface area contributed by atoms with Crippen LogP contribution in [0, 0.1) is 5.92 Å². The molecule has 0 aromatic carbocycles. The van der Waals surface area contributed by atoms with Gasteiger partial charge in [0.1, 0.15) is 0 Å². The minimum Gasteiger partial charge on any atom is -0.0910 e. The van der Waals surface area contributed by atoms with Gasteiger partial charge in [-0.2, -0.15) is 0 Å². The van der Waals surface area contributed by atoms with Gasteiger partial charge in [-0.3, -0.25) is 0 Å². The summed E-state index contributed by atoms with van der Waals surface area (Å²) in [7, 11) is 0. The zero-order valence-corrected chi connectivity index (χ0v) is 11.2. The highest BCUT2D eigenvalue weighted by Gasteiger charge is 1.99. The van der Waals surface area contributed by atoms with Crippen molar-refractivity contribution in [3.63, 3.8) is 0 Å². The molecule has 0 spiro atoms. The van der Waals surface area contributed by atoms with E-state index < -0.39 is 0 Å². The maximum absolute atomic E-state index is 2.30. The molecule has 0 aliphatic carbocycles. The normalized spacial score (nSPS) is 12.8. The summed E-state index contributed by atoms with van der Waals surface area (Å²) in [5, 5.41) is 0. The van der Waals surface area contributed by atoms with Crippen molar-refractivity contribution in [2.24, 2.45) is 0 Å². The van der Waals surface area contributed by atoms with Crippen molar-refractivity contribution in [1.82, 2.24) is 0 Å². The maximum Gasteiger partial charge on any atom is 0.00473 e. The zero-order chi connectivity index (χ0) is 12.1. The topological polar surface area (TPSA) is 0 Å². The zero-order valence-electron chi connectivity index (χ0n) is 11.2. The Morgan fingerprint density at radius 3 is 1.69 bits per heavy atom. The second-order valence-electron chi connectivity index (χ2n) is 4.09. The molecule has 0 amide bonds. The van der Waals surface area contributed by atoms with Crippen molar-refractivity contribution in [3.8, 4) is 0 Å².